The van der Waals surface area contributed by atoms with E-state index in [1.807, 2.05) is 35.4 Å². The molecular weight excluding hydrogens is 352 g/mol. The van der Waals surface area contributed by atoms with Crippen LogP contribution in [0.4, 0.5) is 0 Å². The quantitative estimate of drug-likeness (QED) is 0.802. The Labute approximate surface area is 165 Å². The van der Waals surface area contributed by atoms with Crippen molar-refractivity contribution in [3.8, 4) is 0 Å². The van der Waals surface area contributed by atoms with E-state index in [-0.39, 0.29) is 5.91 Å². The van der Waals surface area contributed by atoms with Gasteiger partial charge in [0, 0.05) is 80.3 Å². The molecule has 2 aliphatic heterocycles. The van der Waals surface area contributed by atoms with Crippen LogP contribution in [0.1, 0.15) is 31.7 Å². The molecule has 2 aliphatic rings. The summed E-state index contributed by atoms with van der Waals surface area (Å²) in [4.78, 5) is 18.2. The van der Waals surface area contributed by atoms with Gasteiger partial charge in [0.1, 0.15) is 0 Å². The van der Waals surface area contributed by atoms with Crippen LogP contribution in [0.2, 0.25) is 0 Å². The summed E-state index contributed by atoms with van der Waals surface area (Å²) < 4.78 is 5.47. The number of aromatic nitrogens is 1. The standard InChI is InChI=1S/C22H26N4O2/c1-15(27)26-9-6-21(25-17-7-10-28-11-8-17)20(14-26)22(23)19-13-24-12-16-4-2-3-5-18(16)19/h2-5,12-13,17,23,25H,6-11,14H2,1H3. The van der Waals surface area contributed by atoms with Crippen molar-refractivity contribution in [2.24, 2.45) is 0 Å². The number of nitrogens with zero attached hydrogens (tertiary/aromatic N) is 2. The number of pyridine rings is 1. The first-order valence-corrected chi connectivity index (χ1v) is 9.87. The first kappa shape index (κ1) is 18.6. The molecule has 2 aromatic rings. The molecule has 1 aromatic heterocycles. The second-order valence-corrected chi connectivity index (χ2v) is 7.46. The summed E-state index contributed by atoms with van der Waals surface area (Å²) >= 11 is 0. The molecule has 4 rings (SSSR count). The van der Waals surface area contributed by atoms with Crippen molar-refractivity contribution in [1.29, 1.82) is 5.41 Å². The Morgan fingerprint density at radius 3 is 2.82 bits per heavy atom. The summed E-state index contributed by atoms with van der Waals surface area (Å²) in [6.07, 6.45) is 6.26. The SMILES string of the molecule is CC(=O)N1CCC(NC2CCOCC2)=C(C(=N)c2cncc3ccccc23)C1. The third kappa shape index (κ3) is 3.78. The van der Waals surface area contributed by atoms with E-state index < -0.39 is 0 Å². The molecule has 6 heteroatoms. The molecule has 146 valence electrons. The monoisotopic (exact) mass is 378 g/mol. The maximum absolute atomic E-state index is 12.0. The minimum Gasteiger partial charge on any atom is -0.385 e. The number of benzene rings is 1. The molecule has 1 saturated heterocycles. The van der Waals surface area contributed by atoms with Crippen molar-refractivity contribution in [1.82, 2.24) is 15.2 Å². The summed E-state index contributed by atoms with van der Waals surface area (Å²) in [5.41, 5.74) is 3.24. The van der Waals surface area contributed by atoms with Crippen LogP contribution in [0.15, 0.2) is 47.9 Å². The van der Waals surface area contributed by atoms with Crippen LogP contribution in [0.25, 0.3) is 10.8 Å². The average Bonchev–Trinajstić information content (AvgIpc) is 2.73. The van der Waals surface area contributed by atoms with Gasteiger partial charge in [0.25, 0.3) is 0 Å². The molecule has 2 N–H and O–H groups in total. The number of rotatable bonds is 4. The highest BCUT2D eigenvalue weighted by molar-refractivity contribution is 6.18. The number of fused-ring (bicyclic) bond motifs is 1. The van der Waals surface area contributed by atoms with Gasteiger partial charge in [-0.1, -0.05) is 24.3 Å². The Morgan fingerprint density at radius 2 is 2.04 bits per heavy atom. The number of nitrogens with one attached hydrogen (secondary N) is 2. The highest BCUT2D eigenvalue weighted by Crippen LogP contribution is 2.25. The highest BCUT2D eigenvalue weighted by atomic mass is 16.5. The van der Waals surface area contributed by atoms with Crippen LogP contribution in [-0.4, -0.2) is 53.8 Å². The molecule has 0 atom stereocenters. The summed E-state index contributed by atoms with van der Waals surface area (Å²) in [7, 11) is 0. The van der Waals surface area contributed by atoms with E-state index in [9.17, 15) is 4.79 Å². The average molecular weight is 378 g/mol. The fourth-order valence-electron chi connectivity index (χ4n) is 3.99. The maximum atomic E-state index is 12.0. The molecule has 0 unspecified atom stereocenters. The van der Waals surface area contributed by atoms with Gasteiger partial charge in [-0.2, -0.15) is 0 Å². The molecule has 0 radical (unpaired) electrons. The van der Waals surface area contributed by atoms with E-state index in [4.69, 9.17) is 10.1 Å². The minimum absolute atomic E-state index is 0.0476. The number of hydrogen-bond acceptors (Lipinski definition) is 5. The van der Waals surface area contributed by atoms with Crippen molar-refractivity contribution in [2.75, 3.05) is 26.3 Å². The normalized spacial score (nSPS) is 18.4. The number of hydrogen-bond donors (Lipinski definition) is 2. The largest absolute Gasteiger partial charge is 0.385 e. The second-order valence-electron chi connectivity index (χ2n) is 7.46. The number of carbonyl (C=O) groups excluding carboxylic acids is 1. The van der Waals surface area contributed by atoms with E-state index in [0.717, 1.165) is 60.1 Å². The zero-order chi connectivity index (χ0) is 19.5. The zero-order valence-electron chi connectivity index (χ0n) is 16.2. The van der Waals surface area contributed by atoms with Crippen molar-refractivity contribution in [3.63, 3.8) is 0 Å². The van der Waals surface area contributed by atoms with Gasteiger partial charge in [-0.25, -0.2) is 0 Å². The lowest BCUT2D eigenvalue weighted by atomic mass is 9.93. The second kappa shape index (κ2) is 8.10. The van der Waals surface area contributed by atoms with Gasteiger partial charge in [-0.05, 0) is 18.2 Å². The molecule has 1 fully saturated rings. The number of carbonyl (C=O) groups is 1. The molecule has 0 bridgehead atoms. The first-order valence-electron chi connectivity index (χ1n) is 9.87. The zero-order valence-corrected chi connectivity index (χ0v) is 16.2. The fraction of sp³-hybridized carbons (Fsp3) is 0.409. The Balaban J connectivity index is 1.71. The Hall–Kier alpha value is -2.73. The van der Waals surface area contributed by atoms with Crippen molar-refractivity contribution < 1.29 is 9.53 Å². The molecule has 0 spiro atoms. The van der Waals surface area contributed by atoms with Crippen LogP contribution in [-0.2, 0) is 9.53 Å². The first-order chi connectivity index (χ1) is 13.6. The van der Waals surface area contributed by atoms with Crippen molar-refractivity contribution >= 4 is 22.4 Å². The van der Waals surface area contributed by atoms with E-state index in [2.05, 4.69) is 10.3 Å². The maximum Gasteiger partial charge on any atom is 0.219 e. The van der Waals surface area contributed by atoms with E-state index >= 15 is 0 Å². The Morgan fingerprint density at radius 1 is 1.25 bits per heavy atom. The van der Waals surface area contributed by atoms with Crippen LogP contribution in [0.3, 0.4) is 0 Å². The summed E-state index contributed by atoms with van der Waals surface area (Å²) in [5, 5.41) is 14.7. The third-order valence-electron chi connectivity index (χ3n) is 5.63. The van der Waals surface area contributed by atoms with Gasteiger partial charge in [-0.3, -0.25) is 15.2 Å². The van der Waals surface area contributed by atoms with E-state index in [1.165, 1.54) is 0 Å². The van der Waals surface area contributed by atoms with Gasteiger partial charge < -0.3 is 15.0 Å². The minimum atomic E-state index is 0.0476. The lowest BCUT2D eigenvalue weighted by molar-refractivity contribution is -0.128. The van der Waals surface area contributed by atoms with E-state index in [0.29, 0.717) is 24.8 Å². The molecule has 1 amide bonds. The topological polar surface area (TPSA) is 78.3 Å². The predicted octanol–water partition coefficient (Wildman–Crippen LogP) is 2.88. The van der Waals surface area contributed by atoms with Crippen LogP contribution < -0.4 is 5.32 Å². The van der Waals surface area contributed by atoms with Gasteiger partial charge >= 0.3 is 0 Å². The molecular formula is C22H26N4O2. The Bertz CT molecular complexity index is 926. The fourth-order valence-corrected chi connectivity index (χ4v) is 3.99. The predicted molar refractivity (Wildman–Crippen MR) is 109 cm³/mol. The molecule has 1 aromatic carbocycles. The summed E-state index contributed by atoms with van der Waals surface area (Å²) in [6, 6.07) is 8.36. The van der Waals surface area contributed by atoms with Crippen molar-refractivity contribution in [3.05, 3.63) is 53.5 Å². The van der Waals surface area contributed by atoms with Gasteiger partial charge in [-0.15, -0.1) is 0 Å². The Kier molecular flexibility index (Phi) is 5.39. The number of amides is 1. The van der Waals surface area contributed by atoms with Crippen LogP contribution in [0.5, 0.6) is 0 Å². The van der Waals surface area contributed by atoms with Crippen LogP contribution in [0, 0.1) is 5.41 Å². The molecule has 28 heavy (non-hydrogen) atoms. The molecule has 3 heterocycles. The van der Waals surface area contributed by atoms with Crippen molar-refractivity contribution in [2.45, 2.75) is 32.2 Å². The number of ether oxygens (including phenoxy) is 1. The lowest BCUT2D eigenvalue weighted by Gasteiger charge is -2.34. The molecule has 6 nitrogen and oxygen atoms in total. The van der Waals surface area contributed by atoms with Gasteiger partial charge in [0.2, 0.25) is 5.91 Å². The molecule has 0 saturated carbocycles. The third-order valence-corrected chi connectivity index (χ3v) is 5.63. The lowest BCUT2D eigenvalue weighted by Crippen LogP contribution is -2.43. The molecule has 0 aliphatic carbocycles. The van der Waals surface area contributed by atoms with Gasteiger partial charge in [0.15, 0.2) is 0 Å². The summed E-state index contributed by atoms with van der Waals surface area (Å²) in [6.45, 7) is 4.28. The summed E-state index contributed by atoms with van der Waals surface area (Å²) in [5.74, 6) is 0.0476. The smallest absolute Gasteiger partial charge is 0.219 e. The van der Waals surface area contributed by atoms with E-state index in [1.54, 1.807) is 13.1 Å². The highest BCUT2D eigenvalue weighted by Gasteiger charge is 2.26. The van der Waals surface area contributed by atoms with Gasteiger partial charge in [0.05, 0.1) is 5.71 Å². The van der Waals surface area contributed by atoms with Crippen LogP contribution >= 0.6 is 0 Å².